The SMILES string of the molecule is CC(C)C1(N)CN(C(=O)c2ccc3c(c2)OCO3)C1. The summed E-state index contributed by atoms with van der Waals surface area (Å²) < 4.78 is 10.5. The van der Waals surface area contributed by atoms with Crippen LogP contribution < -0.4 is 15.2 Å². The van der Waals surface area contributed by atoms with Gasteiger partial charge in [0.1, 0.15) is 0 Å². The zero-order chi connectivity index (χ0) is 13.6. The van der Waals surface area contributed by atoms with Gasteiger partial charge in [-0.15, -0.1) is 0 Å². The molecule has 0 aliphatic carbocycles. The predicted octanol–water partition coefficient (Wildman–Crippen LogP) is 1.22. The zero-order valence-corrected chi connectivity index (χ0v) is 11.2. The number of nitrogens with two attached hydrogens (primary N) is 1. The van der Waals surface area contributed by atoms with Gasteiger partial charge >= 0.3 is 0 Å². The third kappa shape index (κ3) is 1.94. The summed E-state index contributed by atoms with van der Waals surface area (Å²) in [4.78, 5) is 14.1. The first-order chi connectivity index (χ1) is 8.99. The highest BCUT2D eigenvalue weighted by Gasteiger charge is 2.44. The molecule has 1 aromatic carbocycles. The lowest BCUT2D eigenvalue weighted by Crippen LogP contribution is -2.71. The van der Waals surface area contributed by atoms with Gasteiger partial charge in [0.2, 0.25) is 6.79 Å². The number of rotatable bonds is 2. The molecule has 0 aromatic heterocycles. The molecule has 2 aliphatic heterocycles. The molecule has 5 heteroatoms. The lowest BCUT2D eigenvalue weighted by atomic mass is 9.80. The monoisotopic (exact) mass is 262 g/mol. The van der Waals surface area contributed by atoms with Gasteiger partial charge < -0.3 is 20.1 Å². The van der Waals surface area contributed by atoms with E-state index in [1.54, 1.807) is 23.1 Å². The lowest BCUT2D eigenvalue weighted by molar-refractivity contribution is 0.0275. The van der Waals surface area contributed by atoms with Crippen LogP contribution in [0.15, 0.2) is 18.2 Å². The highest BCUT2D eigenvalue weighted by molar-refractivity contribution is 5.95. The Kier molecular flexibility index (Phi) is 2.67. The fraction of sp³-hybridized carbons (Fsp3) is 0.500. The van der Waals surface area contributed by atoms with Crippen molar-refractivity contribution in [2.45, 2.75) is 19.4 Å². The van der Waals surface area contributed by atoms with Crippen LogP contribution in [0.3, 0.4) is 0 Å². The number of carbonyl (C=O) groups is 1. The minimum atomic E-state index is -0.244. The summed E-state index contributed by atoms with van der Waals surface area (Å²) in [5, 5.41) is 0. The third-order valence-corrected chi connectivity index (χ3v) is 4.03. The minimum absolute atomic E-state index is 0.0000231. The van der Waals surface area contributed by atoms with Crippen LogP contribution in [0, 0.1) is 5.92 Å². The number of carbonyl (C=O) groups excluding carboxylic acids is 1. The lowest BCUT2D eigenvalue weighted by Gasteiger charge is -2.50. The molecule has 2 aliphatic rings. The first-order valence-corrected chi connectivity index (χ1v) is 6.47. The number of ether oxygens (including phenoxy) is 2. The molecule has 1 aromatic rings. The number of hydrogen-bond acceptors (Lipinski definition) is 4. The van der Waals surface area contributed by atoms with Crippen molar-refractivity contribution in [3.63, 3.8) is 0 Å². The van der Waals surface area contributed by atoms with Gasteiger partial charge in [-0.3, -0.25) is 4.79 Å². The predicted molar refractivity (Wildman–Crippen MR) is 70.2 cm³/mol. The molecule has 2 N–H and O–H groups in total. The average Bonchev–Trinajstić information content (AvgIpc) is 2.80. The number of likely N-dealkylation sites (tertiary alicyclic amines) is 1. The van der Waals surface area contributed by atoms with E-state index in [9.17, 15) is 4.79 Å². The Morgan fingerprint density at radius 2 is 2.00 bits per heavy atom. The van der Waals surface area contributed by atoms with Crippen LogP contribution in [0.5, 0.6) is 11.5 Å². The summed E-state index contributed by atoms with van der Waals surface area (Å²) >= 11 is 0. The van der Waals surface area contributed by atoms with Crippen molar-refractivity contribution in [2.24, 2.45) is 11.7 Å². The average molecular weight is 262 g/mol. The molecule has 19 heavy (non-hydrogen) atoms. The first kappa shape index (κ1) is 12.3. The summed E-state index contributed by atoms with van der Waals surface area (Å²) in [6.45, 7) is 5.61. The highest BCUT2D eigenvalue weighted by atomic mass is 16.7. The second kappa shape index (κ2) is 4.13. The van der Waals surface area contributed by atoms with Gasteiger partial charge in [-0.2, -0.15) is 0 Å². The standard InChI is InChI=1S/C14H18N2O3/c1-9(2)14(15)6-16(7-14)13(17)10-3-4-11-12(5-10)19-8-18-11/h3-5,9H,6-8,15H2,1-2H3. The largest absolute Gasteiger partial charge is 0.454 e. The van der Waals surface area contributed by atoms with E-state index >= 15 is 0 Å². The van der Waals surface area contributed by atoms with E-state index in [-0.39, 0.29) is 18.2 Å². The van der Waals surface area contributed by atoms with Crippen molar-refractivity contribution in [1.82, 2.24) is 4.90 Å². The second-order valence-corrected chi connectivity index (χ2v) is 5.62. The van der Waals surface area contributed by atoms with Gasteiger partial charge in [-0.05, 0) is 24.1 Å². The van der Waals surface area contributed by atoms with Crippen LogP contribution in [0.25, 0.3) is 0 Å². The molecule has 2 heterocycles. The Morgan fingerprint density at radius 1 is 1.32 bits per heavy atom. The molecule has 0 atom stereocenters. The molecule has 0 unspecified atom stereocenters. The van der Waals surface area contributed by atoms with E-state index in [2.05, 4.69) is 13.8 Å². The van der Waals surface area contributed by atoms with Crippen LogP contribution in [-0.4, -0.2) is 36.2 Å². The van der Waals surface area contributed by atoms with E-state index in [1.807, 2.05) is 0 Å². The van der Waals surface area contributed by atoms with E-state index < -0.39 is 0 Å². The Balaban J connectivity index is 1.72. The number of amides is 1. The van der Waals surface area contributed by atoms with Gasteiger partial charge in [0.25, 0.3) is 5.91 Å². The maximum absolute atomic E-state index is 12.3. The molecule has 1 fully saturated rings. The van der Waals surface area contributed by atoms with Crippen LogP contribution in [0.1, 0.15) is 24.2 Å². The fourth-order valence-electron chi connectivity index (χ4n) is 2.39. The van der Waals surface area contributed by atoms with Crippen LogP contribution in [-0.2, 0) is 0 Å². The molecule has 0 spiro atoms. The maximum Gasteiger partial charge on any atom is 0.254 e. The second-order valence-electron chi connectivity index (χ2n) is 5.62. The third-order valence-electron chi connectivity index (χ3n) is 4.03. The van der Waals surface area contributed by atoms with Crippen LogP contribution in [0.2, 0.25) is 0 Å². The van der Waals surface area contributed by atoms with E-state index in [4.69, 9.17) is 15.2 Å². The zero-order valence-electron chi connectivity index (χ0n) is 11.2. The summed E-state index contributed by atoms with van der Waals surface area (Å²) in [5.74, 6) is 1.69. The van der Waals surface area contributed by atoms with Gasteiger partial charge in [0.15, 0.2) is 11.5 Å². The maximum atomic E-state index is 12.3. The Morgan fingerprint density at radius 3 is 2.68 bits per heavy atom. The molecule has 0 saturated carbocycles. The number of hydrogen-bond donors (Lipinski definition) is 1. The van der Waals surface area contributed by atoms with Crippen molar-refractivity contribution in [1.29, 1.82) is 0 Å². The summed E-state index contributed by atoms with van der Waals surface area (Å²) in [5.41, 5.74) is 6.58. The Hall–Kier alpha value is -1.75. The molecule has 3 rings (SSSR count). The van der Waals surface area contributed by atoms with Gasteiger partial charge in [0, 0.05) is 18.7 Å². The van der Waals surface area contributed by atoms with E-state index in [1.165, 1.54) is 0 Å². The molecular weight excluding hydrogens is 244 g/mol. The molecular formula is C14H18N2O3. The minimum Gasteiger partial charge on any atom is -0.454 e. The molecule has 0 bridgehead atoms. The summed E-state index contributed by atoms with van der Waals surface area (Å²) in [6, 6.07) is 5.27. The molecule has 5 nitrogen and oxygen atoms in total. The first-order valence-electron chi connectivity index (χ1n) is 6.47. The van der Waals surface area contributed by atoms with Gasteiger partial charge in [-0.1, -0.05) is 13.8 Å². The quantitative estimate of drug-likeness (QED) is 0.870. The van der Waals surface area contributed by atoms with E-state index in [0.29, 0.717) is 36.1 Å². The topological polar surface area (TPSA) is 64.8 Å². The number of nitrogens with zero attached hydrogens (tertiary/aromatic N) is 1. The molecule has 102 valence electrons. The Bertz CT molecular complexity index is 521. The van der Waals surface area contributed by atoms with Crippen molar-refractivity contribution >= 4 is 5.91 Å². The summed E-state index contributed by atoms with van der Waals surface area (Å²) in [7, 11) is 0. The fourth-order valence-corrected chi connectivity index (χ4v) is 2.39. The number of benzene rings is 1. The van der Waals surface area contributed by atoms with Crippen LogP contribution >= 0.6 is 0 Å². The van der Waals surface area contributed by atoms with Gasteiger partial charge in [-0.25, -0.2) is 0 Å². The molecule has 1 saturated heterocycles. The van der Waals surface area contributed by atoms with Crippen LogP contribution in [0.4, 0.5) is 0 Å². The van der Waals surface area contributed by atoms with Gasteiger partial charge in [0.05, 0.1) is 5.54 Å². The van der Waals surface area contributed by atoms with Crippen molar-refractivity contribution < 1.29 is 14.3 Å². The van der Waals surface area contributed by atoms with Crippen molar-refractivity contribution in [3.8, 4) is 11.5 Å². The van der Waals surface area contributed by atoms with Crippen molar-refractivity contribution in [3.05, 3.63) is 23.8 Å². The smallest absolute Gasteiger partial charge is 0.254 e. The van der Waals surface area contributed by atoms with E-state index in [0.717, 1.165) is 0 Å². The Labute approximate surface area is 112 Å². The molecule has 1 amide bonds. The highest BCUT2D eigenvalue weighted by Crippen LogP contribution is 2.34. The normalized spacial score (nSPS) is 19.5. The molecule has 0 radical (unpaired) electrons. The van der Waals surface area contributed by atoms with Crippen molar-refractivity contribution in [2.75, 3.05) is 19.9 Å². The summed E-state index contributed by atoms with van der Waals surface area (Å²) in [6.07, 6.45) is 0. The number of fused-ring (bicyclic) bond motifs is 1.